The molecule has 1 aromatic heterocycles. The normalized spacial score (nSPS) is 17.4. The van der Waals surface area contributed by atoms with Gasteiger partial charge in [0.15, 0.2) is 10.9 Å². The number of nitrogens with one attached hydrogen (secondary N) is 1. The zero-order valence-corrected chi connectivity index (χ0v) is 18.1. The quantitative estimate of drug-likeness (QED) is 0.790. The monoisotopic (exact) mass is 429 g/mol. The summed E-state index contributed by atoms with van der Waals surface area (Å²) in [5.74, 6) is 0.634. The maximum absolute atomic E-state index is 12.7. The number of rotatable bonds is 4. The van der Waals surface area contributed by atoms with Crippen LogP contribution in [0, 0.1) is 5.41 Å². The van der Waals surface area contributed by atoms with Crippen LogP contribution < -0.4 is 10.2 Å². The van der Waals surface area contributed by atoms with Crippen molar-refractivity contribution < 1.29 is 14.4 Å². The third kappa shape index (κ3) is 4.38. The number of Topliss-reactive ketones (excluding diaryl/α,β-unsaturated/α-hetero) is 1. The van der Waals surface area contributed by atoms with Crippen LogP contribution in [-0.2, 0) is 16.0 Å². The number of nitrogens with zero attached hydrogens (tertiary/aromatic N) is 2. The molecule has 2 heterocycles. The Hall–Kier alpha value is -2.19. The topological polar surface area (TPSA) is 79.4 Å². The summed E-state index contributed by atoms with van der Waals surface area (Å²) < 4.78 is 0. The first-order valence-electron chi connectivity index (χ1n) is 9.67. The van der Waals surface area contributed by atoms with Crippen LogP contribution >= 0.6 is 23.1 Å². The van der Waals surface area contributed by atoms with Crippen molar-refractivity contribution in [3.05, 3.63) is 34.8 Å². The molecule has 6 nitrogen and oxygen atoms in total. The van der Waals surface area contributed by atoms with E-state index in [-0.39, 0.29) is 35.9 Å². The lowest BCUT2D eigenvalue weighted by atomic mass is 9.78. The Morgan fingerprint density at radius 2 is 2.00 bits per heavy atom. The number of fused-ring (bicyclic) bond motifs is 2. The number of aromatic nitrogens is 1. The smallest absolute Gasteiger partial charge is 0.227 e. The van der Waals surface area contributed by atoms with Gasteiger partial charge in [0, 0.05) is 36.5 Å². The van der Waals surface area contributed by atoms with Gasteiger partial charge in [-0.15, -0.1) is 11.8 Å². The van der Waals surface area contributed by atoms with Gasteiger partial charge in [-0.25, -0.2) is 4.98 Å². The van der Waals surface area contributed by atoms with Crippen LogP contribution in [0.2, 0.25) is 0 Å². The van der Waals surface area contributed by atoms with Crippen molar-refractivity contribution in [2.45, 2.75) is 44.4 Å². The average molecular weight is 430 g/mol. The number of hydrogen-bond acceptors (Lipinski definition) is 6. The third-order valence-electron chi connectivity index (χ3n) is 5.08. The Balaban J connectivity index is 1.36. The van der Waals surface area contributed by atoms with Crippen LogP contribution in [0.5, 0.6) is 0 Å². The van der Waals surface area contributed by atoms with Crippen molar-refractivity contribution in [1.82, 2.24) is 4.98 Å². The Kier molecular flexibility index (Phi) is 5.48. The van der Waals surface area contributed by atoms with Gasteiger partial charge in [-0.05, 0) is 24.0 Å². The maximum Gasteiger partial charge on any atom is 0.227 e. The lowest BCUT2D eigenvalue weighted by Crippen LogP contribution is -2.35. The van der Waals surface area contributed by atoms with Gasteiger partial charge in [-0.3, -0.25) is 14.4 Å². The van der Waals surface area contributed by atoms with Crippen molar-refractivity contribution in [3.63, 3.8) is 0 Å². The molecule has 0 spiro atoms. The number of hydrogen-bond donors (Lipinski definition) is 1. The second-order valence-electron chi connectivity index (χ2n) is 8.15. The van der Waals surface area contributed by atoms with E-state index in [9.17, 15) is 14.4 Å². The molecular weight excluding hydrogens is 406 g/mol. The molecule has 0 saturated carbocycles. The van der Waals surface area contributed by atoms with Gasteiger partial charge in [-0.2, -0.15) is 0 Å². The molecule has 1 N–H and O–H groups in total. The van der Waals surface area contributed by atoms with E-state index in [2.05, 4.69) is 10.3 Å². The fourth-order valence-electron chi connectivity index (χ4n) is 3.74. The average Bonchev–Trinajstić information content (AvgIpc) is 3.07. The zero-order valence-electron chi connectivity index (χ0n) is 16.5. The molecule has 8 heteroatoms. The highest BCUT2D eigenvalue weighted by molar-refractivity contribution is 7.99. The SMILES string of the molecule is CC1(C)CC(=O)c2sc(NC(=O)CCC(=O)N3CCSc4ccccc43)nc2C1. The minimum Gasteiger partial charge on any atom is -0.310 e. The van der Waals surface area contributed by atoms with Crippen LogP contribution in [0.1, 0.15) is 48.5 Å². The van der Waals surface area contributed by atoms with E-state index in [1.807, 2.05) is 38.1 Å². The molecule has 1 aliphatic heterocycles. The lowest BCUT2D eigenvalue weighted by Gasteiger charge is -2.28. The van der Waals surface area contributed by atoms with E-state index in [1.165, 1.54) is 11.3 Å². The summed E-state index contributed by atoms with van der Waals surface area (Å²) in [5, 5.41) is 3.21. The van der Waals surface area contributed by atoms with Crippen LogP contribution in [0.3, 0.4) is 0 Å². The van der Waals surface area contributed by atoms with Crippen molar-refractivity contribution in [2.24, 2.45) is 5.41 Å². The van der Waals surface area contributed by atoms with Crippen LogP contribution in [0.4, 0.5) is 10.8 Å². The number of para-hydroxylation sites is 1. The molecule has 2 aromatic rings. The molecule has 0 saturated heterocycles. The van der Waals surface area contributed by atoms with Crippen LogP contribution in [0.25, 0.3) is 0 Å². The first-order chi connectivity index (χ1) is 13.8. The highest BCUT2D eigenvalue weighted by Gasteiger charge is 2.34. The number of carbonyl (C=O) groups is 3. The van der Waals surface area contributed by atoms with Gasteiger partial charge in [0.05, 0.1) is 16.3 Å². The Bertz CT molecular complexity index is 983. The molecule has 152 valence electrons. The van der Waals surface area contributed by atoms with E-state index in [0.717, 1.165) is 28.5 Å². The second kappa shape index (κ2) is 7.91. The number of thioether (sulfide) groups is 1. The van der Waals surface area contributed by atoms with Crippen LogP contribution in [0.15, 0.2) is 29.2 Å². The first kappa shape index (κ1) is 20.1. The Morgan fingerprint density at radius 1 is 1.21 bits per heavy atom. The lowest BCUT2D eigenvalue weighted by molar-refractivity contribution is -0.122. The van der Waals surface area contributed by atoms with E-state index >= 15 is 0 Å². The Morgan fingerprint density at radius 3 is 2.83 bits per heavy atom. The maximum atomic E-state index is 12.7. The molecule has 1 aliphatic carbocycles. The summed E-state index contributed by atoms with van der Waals surface area (Å²) in [6.07, 6.45) is 1.46. The van der Waals surface area contributed by atoms with E-state index in [4.69, 9.17) is 0 Å². The molecule has 2 aliphatic rings. The molecular formula is C21H23N3O3S2. The zero-order chi connectivity index (χ0) is 20.6. The van der Waals surface area contributed by atoms with Crippen molar-refractivity contribution >= 4 is 51.5 Å². The van der Waals surface area contributed by atoms with E-state index in [0.29, 0.717) is 23.0 Å². The van der Waals surface area contributed by atoms with Gasteiger partial charge >= 0.3 is 0 Å². The van der Waals surface area contributed by atoms with Crippen molar-refractivity contribution in [1.29, 1.82) is 0 Å². The fourth-order valence-corrected chi connectivity index (χ4v) is 5.67. The largest absolute Gasteiger partial charge is 0.310 e. The van der Waals surface area contributed by atoms with Gasteiger partial charge in [-0.1, -0.05) is 37.3 Å². The Labute approximate surface area is 178 Å². The standard InChI is InChI=1S/C21H23N3O3S2/c1-21(2)11-13-19(15(25)12-21)29-20(22-13)23-17(26)7-8-18(27)24-9-10-28-16-6-4-3-5-14(16)24/h3-6H,7-12H2,1-2H3,(H,22,23,26). The highest BCUT2D eigenvalue weighted by Crippen LogP contribution is 2.38. The van der Waals surface area contributed by atoms with E-state index in [1.54, 1.807) is 16.7 Å². The van der Waals surface area contributed by atoms with Gasteiger partial charge in [0.2, 0.25) is 11.8 Å². The first-order valence-corrected chi connectivity index (χ1v) is 11.5. The molecule has 29 heavy (non-hydrogen) atoms. The summed E-state index contributed by atoms with van der Waals surface area (Å²) in [6.45, 7) is 4.75. The summed E-state index contributed by atoms with van der Waals surface area (Å²) in [5.41, 5.74) is 1.59. The molecule has 0 bridgehead atoms. The molecule has 0 unspecified atom stereocenters. The van der Waals surface area contributed by atoms with Gasteiger partial charge in [0.1, 0.15) is 0 Å². The number of benzene rings is 1. The predicted molar refractivity (Wildman–Crippen MR) is 116 cm³/mol. The molecule has 0 radical (unpaired) electrons. The number of amides is 2. The van der Waals surface area contributed by atoms with E-state index < -0.39 is 0 Å². The summed E-state index contributed by atoms with van der Waals surface area (Å²) in [7, 11) is 0. The van der Waals surface area contributed by atoms with Gasteiger partial charge in [0.25, 0.3) is 0 Å². The summed E-state index contributed by atoms with van der Waals surface area (Å²) >= 11 is 2.98. The predicted octanol–water partition coefficient (Wildman–Crippen LogP) is 4.16. The second-order valence-corrected chi connectivity index (χ2v) is 10.3. The van der Waals surface area contributed by atoms with Gasteiger partial charge < -0.3 is 10.2 Å². The molecule has 1 aromatic carbocycles. The highest BCUT2D eigenvalue weighted by atomic mass is 32.2. The minimum atomic E-state index is -0.254. The molecule has 2 amide bonds. The molecule has 0 atom stereocenters. The molecule has 4 rings (SSSR count). The fraction of sp³-hybridized carbons (Fsp3) is 0.429. The van der Waals surface area contributed by atoms with Crippen LogP contribution in [-0.4, -0.2) is 34.9 Å². The third-order valence-corrected chi connectivity index (χ3v) is 7.17. The number of anilines is 2. The summed E-state index contributed by atoms with van der Waals surface area (Å²) in [4.78, 5) is 45.3. The number of thiazole rings is 1. The molecule has 0 fully saturated rings. The van der Waals surface area contributed by atoms with Crippen molar-refractivity contribution in [2.75, 3.05) is 22.5 Å². The number of carbonyl (C=O) groups excluding carboxylic acids is 3. The number of ketones is 1. The van der Waals surface area contributed by atoms with Crippen molar-refractivity contribution in [3.8, 4) is 0 Å². The summed E-state index contributed by atoms with van der Waals surface area (Å²) in [6, 6.07) is 7.84. The minimum absolute atomic E-state index is 0.0525.